The third-order valence-corrected chi connectivity index (χ3v) is 0.654. The molecule has 38 valence electrons. The van der Waals surface area contributed by atoms with E-state index in [0.717, 1.165) is 12.8 Å². The molecule has 0 saturated heterocycles. The van der Waals surface area contributed by atoms with Crippen LogP contribution in [0.3, 0.4) is 0 Å². The summed E-state index contributed by atoms with van der Waals surface area (Å²) in [5, 5.41) is 1.64. The Morgan fingerprint density at radius 2 is 2.29 bits per heavy atom. The summed E-state index contributed by atoms with van der Waals surface area (Å²) in [6.07, 6.45) is 1.69. The van der Waals surface area contributed by atoms with E-state index >= 15 is 0 Å². The summed E-state index contributed by atoms with van der Waals surface area (Å²) < 4.78 is 0. The van der Waals surface area contributed by atoms with E-state index in [1.807, 2.05) is 6.92 Å². The Kier molecular flexibility index (Phi) is 5.37. The summed E-state index contributed by atoms with van der Waals surface area (Å²) >= 11 is 4.54. The molecule has 7 heavy (non-hydrogen) atoms. The van der Waals surface area contributed by atoms with Crippen LogP contribution < -0.4 is 0 Å². The van der Waals surface area contributed by atoms with Crippen LogP contribution in [0.2, 0.25) is 0 Å². The van der Waals surface area contributed by atoms with E-state index in [1.165, 1.54) is 0 Å². The number of rotatable bonds is 1. The highest BCUT2D eigenvalue weighted by atomic mass is 32.1. The van der Waals surface area contributed by atoms with Gasteiger partial charge in [0.15, 0.2) is 0 Å². The summed E-state index contributed by atoms with van der Waals surface area (Å²) in [5.74, 6) is 5.78. The van der Waals surface area contributed by atoms with Gasteiger partial charge in [-0.2, -0.15) is 0 Å². The second-order valence-corrected chi connectivity index (χ2v) is 1.41. The molecule has 0 heterocycles. The Bertz CT molecular complexity index is 94.5. The van der Waals surface area contributed by atoms with Crippen molar-refractivity contribution >= 4 is 17.6 Å². The SMILES string of the molecule is CCC#CCC=S. The molecule has 0 aromatic heterocycles. The highest BCUT2D eigenvalue weighted by Crippen LogP contribution is 1.70. The second-order valence-electron chi connectivity index (χ2n) is 1.08. The smallest absolute Gasteiger partial charge is 0.0373 e. The van der Waals surface area contributed by atoms with E-state index < -0.39 is 0 Å². The maximum Gasteiger partial charge on any atom is 0.0373 e. The Morgan fingerprint density at radius 1 is 1.57 bits per heavy atom. The van der Waals surface area contributed by atoms with Crippen LogP contribution in [0.4, 0.5) is 0 Å². The van der Waals surface area contributed by atoms with Crippen molar-refractivity contribution in [3.05, 3.63) is 0 Å². The highest BCUT2D eigenvalue weighted by molar-refractivity contribution is 7.79. The van der Waals surface area contributed by atoms with Gasteiger partial charge in [0.2, 0.25) is 0 Å². The van der Waals surface area contributed by atoms with Gasteiger partial charge in [-0.25, -0.2) is 0 Å². The Morgan fingerprint density at radius 3 is 2.71 bits per heavy atom. The molecule has 0 nitrogen and oxygen atoms in total. The average molecular weight is 112 g/mol. The van der Waals surface area contributed by atoms with Crippen LogP contribution in [-0.2, 0) is 0 Å². The van der Waals surface area contributed by atoms with Crippen LogP contribution in [0, 0.1) is 11.8 Å². The van der Waals surface area contributed by atoms with Crippen LogP contribution in [0.1, 0.15) is 19.8 Å². The largest absolute Gasteiger partial charge is 0.103 e. The van der Waals surface area contributed by atoms with Crippen molar-refractivity contribution in [2.45, 2.75) is 19.8 Å². The Hall–Kier alpha value is -0.350. The maximum atomic E-state index is 4.54. The normalized spacial score (nSPS) is 6.43. The predicted octanol–water partition coefficient (Wildman–Crippen LogP) is 1.79. The fraction of sp³-hybridized carbons (Fsp3) is 0.500. The number of hydrogen-bond donors (Lipinski definition) is 0. The van der Waals surface area contributed by atoms with E-state index in [9.17, 15) is 0 Å². The van der Waals surface area contributed by atoms with E-state index in [1.54, 1.807) is 5.37 Å². The first-order valence-electron chi connectivity index (χ1n) is 2.31. The molecule has 0 spiro atoms. The van der Waals surface area contributed by atoms with Gasteiger partial charge in [0, 0.05) is 12.8 Å². The fourth-order valence-electron chi connectivity index (χ4n) is 0.239. The molecule has 0 amide bonds. The molecule has 0 atom stereocenters. The topological polar surface area (TPSA) is 0 Å². The summed E-state index contributed by atoms with van der Waals surface area (Å²) in [6.45, 7) is 2.02. The molecular formula is C6H8S. The quantitative estimate of drug-likeness (QED) is 0.368. The van der Waals surface area contributed by atoms with Gasteiger partial charge in [-0.3, -0.25) is 0 Å². The summed E-state index contributed by atoms with van der Waals surface area (Å²) in [5.41, 5.74) is 0. The summed E-state index contributed by atoms with van der Waals surface area (Å²) in [6, 6.07) is 0. The minimum absolute atomic E-state index is 0.753. The monoisotopic (exact) mass is 112 g/mol. The van der Waals surface area contributed by atoms with Crippen molar-refractivity contribution in [2.24, 2.45) is 0 Å². The predicted molar refractivity (Wildman–Crippen MR) is 36.3 cm³/mol. The van der Waals surface area contributed by atoms with Crippen LogP contribution in [-0.4, -0.2) is 5.37 Å². The molecule has 0 radical (unpaired) electrons. The minimum atomic E-state index is 0.753. The zero-order chi connectivity index (χ0) is 5.54. The fourth-order valence-corrected chi connectivity index (χ4v) is 0.322. The van der Waals surface area contributed by atoms with Crippen molar-refractivity contribution < 1.29 is 0 Å². The maximum absolute atomic E-state index is 4.54. The first-order chi connectivity index (χ1) is 3.41. The minimum Gasteiger partial charge on any atom is -0.103 e. The van der Waals surface area contributed by atoms with E-state index in [0.29, 0.717) is 0 Å². The van der Waals surface area contributed by atoms with Gasteiger partial charge in [0.25, 0.3) is 0 Å². The highest BCUT2D eigenvalue weighted by Gasteiger charge is 1.61. The molecule has 0 bridgehead atoms. The van der Waals surface area contributed by atoms with Crippen LogP contribution in [0.15, 0.2) is 0 Å². The molecule has 0 fully saturated rings. The molecule has 0 saturated carbocycles. The Balaban J connectivity index is 3.06. The van der Waals surface area contributed by atoms with Gasteiger partial charge < -0.3 is 0 Å². The lowest BCUT2D eigenvalue weighted by atomic mass is 10.4. The third kappa shape index (κ3) is 5.65. The van der Waals surface area contributed by atoms with E-state index in [-0.39, 0.29) is 0 Å². The third-order valence-electron chi connectivity index (χ3n) is 0.487. The van der Waals surface area contributed by atoms with Crippen molar-refractivity contribution in [1.29, 1.82) is 0 Å². The van der Waals surface area contributed by atoms with Gasteiger partial charge in [-0.05, 0) is 5.37 Å². The molecule has 0 aromatic carbocycles. The number of thiocarbonyl (C=S) groups is 1. The zero-order valence-electron chi connectivity index (χ0n) is 4.40. The van der Waals surface area contributed by atoms with Crippen LogP contribution in [0.5, 0.6) is 0 Å². The van der Waals surface area contributed by atoms with Crippen LogP contribution in [0.25, 0.3) is 0 Å². The van der Waals surface area contributed by atoms with Gasteiger partial charge >= 0.3 is 0 Å². The van der Waals surface area contributed by atoms with Crippen molar-refractivity contribution in [3.8, 4) is 11.8 Å². The summed E-state index contributed by atoms with van der Waals surface area (Å²) in [7, 11) is 0. The molecule has 0 rings (SSSR count). The first kappa shape index (κ1) is 6.65. The molecular weight excluding hydrogens is 104 g/mol. The lowest BCUT2D eigenvalue weighted by Gasteiger charge is -1.67. The van der Waals surface area contributed by atoms with Crippen molar-refractivity contribution in [3.63, 3.8) is 0 Å². The molecule has 0 N–H and O–H groups in total. The molecule has 0 aliphatic rings. The van der Waals surface area contributed by atoms with E-state index in [4.69, 9.17) is 0 Å². The lowest BCUT2D eigenvalue weighted by molar-refractivity contribution is 1.27. The van der Waals surface area contributed by atoms with Gasteiger partial charge in [-0.15, -0.1) is 5.92 Å². The molecule has 0 aromatic rings. The molecule has 1 heteroatoms. The molecule has 0 aliphatic carbocycles. The van der Waals surface area contributed by atoms with Gasteiger partial charge in [0.05, 0.1) is 0 Å². The van der Waals surface area contributed by atoms with E-state index in [2.05, 4.69) is 24.1 Å². The zero-order valence-corrected chi connectivity index (χ0v) is 5.22. The second kappa shape index (κ2) is 5.65. The summed E-state index contributed by atoms with van der Waals surface area (Å²) in [4.78, 5) is 0. The van der Waals surface area contributed by atoms with Crippen LogP contribution >= 0.6 is 12.2 Å². The number of hydrogen-bond acceptors (Lipinski definition) is 1. The Labute approximate surface area is 49.9 Å². The molecule has 0 unspecified atom stereocenters. The standard InChI is InChI=1S/C6H8S/c1-2-3-4-5-6-7/h6H,2,5H2,1H3. The van der Waals surface area contributed by atoms with Crippen molar-refractivity contribution in [2.75, 3.05) is 0 Å². The average Bonchev–Trinajstić information content (AvgIpc) is 1.69. The lowest BCUT2D eigenvalue weighted by Crippen LogP contribution is -1.61. The van der Waals surface area contributed by atoms with Crippen molar-refractivity contribution in [1.82, 2.24) is 0 Å². The van der Waals surface area contributed by atoms with Gasteiger partial charge in [-0.1, -0.05) is 25.1 Å². The molecule has 0 aliphatic heterocycles. The first-order valence-corrected chi connectivity index (χ1v) is 2.78. The van der Waals surface area contributed by atoms with Gasteiger partial charge in [0.1, 0.15) is 0 Å².